The fourth-order valence-electron chi connectivity index (χ4n) is 3.19. The Labute approximate surface area is 174 Å². The maximum atomic E-state index is 13.9. The predicted molar refractivity (Wildman–Crippen MR) is 116 cm³/mol. The molecule has 146 valence electrons. The monoisotopic (exact) mass is 441 g/mol. The normalized spacial score (nSPS) is 12.0. The van der Waals surface area contributed by atoms with Gasteiger partial charge in [0.15, 0.2) is 0 Å². The molecule has 0 bridgehead atoms. The van der Waals surface area contributed by atoms with Gasteiger partial charge in [-0.25, -0.2) is 4.39 Å². The molecular formula is C24H25BrFNO. The highest BCUT2D eigenvalue weighted by atomic mass is 79.9. The van der Waals surface area contributed by atoms with Crippen molar-refractivity contribution in [3.8, 4) is 5.75 Å². The van der Waals surface area contributed by atoms with Crippen LogP contribution in [0.5, 0.6) is 5.75 Å². The second kappa shape index (κ2) is 10.4. The first-order valence-electron chi connectivity index (χ1n) is 9.60. The molecule has 0 amide bonds. The SMILES string of the molecule is CCCC(NCc1cc(Br)ccc1OCc1ccccc1F)c1ccccc1. The smallest absolute Gasteiger partial charge is 0.129 e. The van der Waals surface area contributed by atoms with Gasteiger partial charge in [0.05, 0.1) is 0 Å². The van der Waals surface area contributed by atoms with Gasteiger partial charge in [-0.2, -0.15) is 0 Å². The Hall–Kier alpha value is -2.17. The average Bonchev–Trinajstić information content (AvgIpc) is 2.72. The molecule has 0 saturated carbocycles. The molecule has 0 fully saturated rings. The molecule has 0 spiro atoms. The summed E-state index contributed by atoms with van der Waals surface area (Å²) in [4.78, 5) is 0. The molecule has 1 atom stereocenters. The third-order valence-corrected chi connectivity index (χ3v) is 5.18. The summed E-state index contributed by atoms with van der Waals surface area (Å²) in [6.07, 6.45) is 2.16. The van der Waals surface area contributed by atoms with E-state index in [9.17, 15) is 4.39 Å². The zero-order valence-electron chi connectivity index (χ0n) is 16.0. The Morgan fingerprint density at radius 2 is 1.71 bits per heavy atom. The van der Waals surface area contributed by atoms with Gasteiger partial charge in [-0.15, -0.1) is 0 Å². The van der Waals surface area contributed by atoms with Crippen LogP contribution in [0.4, 0.5) is 4.39 Å². The number of nitrogens with one attached hydrogen (secondary N) is 1. The van der Waals surface area contributed by atoms with Crippen LogP contribution < -0.4 is 10.1 Å². The zero-order chi connectivity index (χ0) is 19.8. The molecule has 1 unspecified atom stereocenters. The first-order valence-corrected chi connectivity index (χ1v) is 10.4. The van der Waals surface area contributed by atoms with Crippen LogP contribution in [0.3, 0.4) is 0 Å². The van der Waals surface area contributed by atoms with Crippen molar-refractivity contribution in [2.45, 2.75) is 39.0 Å². The van der Waals surface area contributed by atoms with Gasteiger partial charge in [0, 0.05) is 28.2 Å². The maximum absolute atomic E-state index is 13.9. The molecule has 1 N–H and O–H groups in total. The fourth-order valence-corrected chi connectivity index (χ4v) is 3.60. The van der Waals surface area contributed by atoms with Gasteiger partial charge in [-0.05, 0) is 36.2 Å². The fraction of sp³-hybridized carbons (Fsp3) is 0.250. The molecule has 0 aliphatic rings. The summed E-state index contributed by atoms with van der Waals surface area (Å²) in [6.45, 7) is 3.07. The molecule has 4 heteroatoms. The molecule has 0 saturated heterocycles. The molecule has 0 radical (unpaired) electrons. The Morgan fingerprint density at radius 1 is 0.964 bits per heavy atom. The van der Waals surface area contributed by atoms with E-state index in [4.69, 9.17) is 4.74 Å². The third kappa shape index (κ3) is 5.66. The van der Waals surface area contributed by atoms with Gasteiger partial charge in [-0.3, -0.25) is 0 Å². The molecule has 3 rings (SSSR count). The topological polar surface area (TPSA) is 21.3 Å². The minimum absolute atomic E-state index is 0.207. The van der Waals surface area contributed by atoms with E-state index in [0.717, 1.165) is 28.6 Å². The van der Waals surface area contributed by atoms with Crippen LogP contribution in [-0.4, -0.2) is 0 Å². The molecule has 28 heavy (non-hydrogen) atoms. The minimum Gasteiger partial charge on any atom is -0.488 e. The minimum atomic E-state index is -0.244. The average molecular weight is 442 g/mol. The first kappa shape index (κ1) is 20.6. The highest BCUT2D eigenvalue weighted by Crippen LogP contribution is 2.26. The number of benzene rings is 3. The Balaban J connectivity index is 1.72. The molecule has 0 heterocycles. The van der Waals surface area contributed by atoms with E-state index in [0.29, 0.717) is 12.1 Å². The van der Waals surface area contributed by atoms with E-state index in [1.54, 1.807) is 12.1 Å². The van der Waals surface area contributed by atoms with Gasteiger partial charge in [0.1, 0.15) is 18.2 Å². The summed E-state index contributed by atoms with van der Waals surface area (Å²) in [7, 11) is 0. The molecular weight excluding hydrogens is 417 g/mol. The third-order valence-electron chi connectivity index (χ3n) is 4.68. The van der Waals surface area contributed by atoms with Gasteiger partial charge in [0.2, 0.25) is 0 Å². The summed E-state index contributed by atoms with van der Waals surface area (Å²) in [6, 6.07) is 23.4. The van der Waals surface area contributed by atoms with Crippen LogP contribution in [0.2, 0.25) is 0 Å². The number of hydrogen-bond acceptors (Lipinski definition) is 2. The van der Waals surface area contributed by atoms with Crippen molar-refractivity contribution in [3.63, 3.8) is 0 Å². The second-order valence-electron chi connectivity index (χ2n) is 6.76. The Bertz CT molecular complexity index is 885. The maximum Gasteiger partial charge on any atom is 0.129 e. The highest BCUT2D eigenvalue weighted by molar-refractivity contribution is 9.10. The lowest BCUT2D eigenvalue weighted by Gasteiger charge is -2.20. The summed E-state index contributed by atoms with van der Waals surface area (Å²) >= 11 is 3.54. The van der Waals surface area contributed by atoms with Crippen molar-refractivity contribution in [2.75, 3.05) is 0 Å². The molecule has 3 aromatic rings. The standard InChI is InChI=1S/C24H25BrFNO/c1-2-8-23(18-9-4-3-5-10-18)27-16-20-15-21(25)13-14-24(20)28-17-19-11-6-7-12-22(19)26/h3-7,9-15,23,27H,2,8,16-17H2,1H3. The molecule has 0 aliphatic carbocycles. The molecule has 3 aromatic carbocycles. The zero-order valence-corrected chi connectivity index (χ0v) is 17.6. The van der Waals surface area contributed by atoms with Gasteiger partial charge < -0.3 is 10.1 Å². The van der Waals surface area contributed by atoms with Crippen LogP contribution in [0.15, 0.2) is 77.3 Å². The summed E-state index contributed by atoms with van der Waals surface area (Å²) < 4.78 is 20.8. The van der Waals surface area contributed by atoms with Crippen LogP contribution in [0, 0.1) is 5.82 Å². The van der Waals surface area contributed by atoms with Crippen LogP contribution in [0.25, 0.3) is 0 Å². The second-order valence-corrected chi connectivity index (χ2v) is 7.68. The van der Waals surface area contributed by atoms with Crippen molar-refractivity contribution in [1.29, 1.82) is 0 Å². The van der Waals surface area contributed by atoms with Crippen molar-refractivity contribution >= 4 is 15.9 Å². The van der Waals surface area contributed by atoms with E-state index < -0.39 is 0 Å². The van der Waals surface area contributed by atoms with Crippen LogP contribution in [-0.2, 0) is 13.2 Å². The van der Waals surface area contributed by atoms with Crippen molar-refractivity contribution in [1.82, 2.24) is 5.32 Å². The Kier molecular flexibility index (Phi) is 7.63. The number of rotatable bonds is 9. The van der Waals surface area contributed by atoms with Crippen LogP contribution in [0.1, 0.15) is 42.5 Å². The quantitative estimate of drug-likeness (QED) is 0.394. The van der Waals surface area contributed by atoms with Crippen LogP contribution >= 0.6 is 15.9 Å². The molecule has 0 aliphatic heterocycles. The highest BCUT2D eigenvalue weighted by Gasteiger charge is 2.12. The van der Waals surface area contributed by atoms with Crippen molar-refractivity contribution in [3.05, 3.63) is 99.8 Å². The lowest BCUT2D eigenvalue weighted by molar-refractivity contribution is 0.295. The molecule has 2 nitrogen and oxygen atoms in total. The summed E-state index contributed by atoms with van der Waals surface area (Å²) in [5.41, 5.74) is 2.88. The predicted octanol–water partition coefficient (Wildman–Crippen LogP) is 6.80. The number of hydrogen-bond donors (Lipinski definition) is 1. The largest absolute Gasteiger partial charge is 0.488 e. The van der Waals surface area contributed by atoms with E-state index in [-0.39, 0.29) is 18.5 Å². The van der Waals surface area contributed by atoms with Gasteiger partial charge in [0.25, 0.3) is 0 Å². The van der Waals surface area contributed by atoms with Gasteiger partial charge in [-0.1, -0.05) is 77.8 Å². The summed E-state index contributed by atoms with van der Waals surface area (Å²) in [5.74, 6) is 0.522. The van der Waals surface area contributed by atoms with Gasteiger partial charge >= 0.3 is 0 Å². The van der Waals surface area contributed by atoms with Crippen molar-refractivity contribution < 1.29 is 9.13 Å². The van der Waals surface area contributed by atoms with E-state index >= 15 is 0 Å². The first-order chi connectivity index (χ1) is 13.7. The Morgan fingerprint density at radius 3 is 2.46 bits per heavy atom. The lowest BCUT2D eigenvalue weighted by atomic mass is 10.0. The van der Waals surface area contributed by atoms with E-state index in [2.05, 4.69) is 58.5 Å². The number of ether oxygens (including phenoxy) is 1. The lowest BCUT2D eigenvalue weighted by Crippen LogP contribution is -2.21. The summed E-state index contributed by atoms with van der Waals surface area (Å²) in [5, 5.41) is 3.66. The number of halogens is 2. The van der Waals surface area contributed by atoms with E-state index in [1.165, 1.54) is 11.6 Å². The van der Waals surface area contributed by atoms with Crippen molar-refractivity contribution in [2.24, 2.45) is 0 Å². The molecule has 0 aromatic heterocycles. The van der Waals surface area contributed by atoms with E-state index in [1.807, 2.05) is 24.3 Å².